The predicted molar refractivity (Wildman–Crippen MR) is 396 cm³/mol. The molecule has 0 unspecified atom stereocenters. The molecule has 0 saturated carbocycles. The summed E-state index contributed by atoms with van der Waals surface area (Å²) in [6, 6.07) is 9.61. The summed E-state index contributed by atoms with van der Waals surface area (Å²) in [7, 11) is -18.7. The smallest absolute Gasteiger partial charge is 0.425 e. The second-order valence-corrected chi connectivity index (χ2v) is 25.5. The van der Waals surface area contributed by atoms with E-state index in [1.54, 1.807) is 54.4 Å². The number of nitrogens with zero attached hydrogens (tertiary/aromatic N) is 6. The fraction of sp³-hybridized carbons (Fsp3) is 0.600. The molecule has 638 valence electrons. The zero-order chi connectivity index (χ0) is 85.0. The largest absolute Gasteiger partial charge is 0.490 e. The minimum absolute atomic E-state index is 0. The van der Waals surface area contributed by atoms with Crippen LogP contribution in [0.15, 0.2) is 48.8 Å². The number of rotatable bonds is 45. The van der Waals surface area contributed by atoms with Gasteiger partial charge in [0.1, 0.15) is 12.2 Å². The summed E-state index contributed by atoms with van der Waals surface area (Å²) in [5.74, 6) is 1.82. The maximum Gasteiger partial charge on any atom is 0.425 e. The number of amides is 3. The van der Waals surface area contributed by atoms with E-state index in [0.29, 0.717) is 163 Å². The molecule has 2 aromatic heterocycles. The van der Waals surface area contributed by atoms with Crippen LogP contribution >= 0.6 is 0 Å². The molecule has 3 amide bonds. The Kier molecular flexibility index (Phi) is 60.5. The quantitative estimate of drug-likeness (QED) is 0.0361. The molecule has 2 heterocycles. The Labute approximate surface area is 663 Å². The van der Waals surface area contributed by atoms with Crippen LogP contribution in [0, 0.1) is 0 Å². The maximum atomic E-state index is 13.3. The van der Waals surface area contributed by atoms with Crippen molar-refractivity contribution in [2.45, 2.75) is 178 Å². The van der Waals surface area contributed by atoms with Gasteiger partial charge in [0, 0.05) is 49.7 Å². The molecule has 113 heavy (non-hydrogen) atoms. The average Bonchev–Trinajstić information content (AvgIpc) is 1.54. The summed E-state index contributed by atoms with van der Waals surface area (Å²) >= 11 is 0. The van der Waals surface area contributed by atoms with E-state index in [1.807, 2.05) is 53.9 Å². The monoisotopic (exact) mass is 1730 g/mol. The van der Waals surface area contributed by atoms with Gasteiger partial charge >= 0.3 is 75.7 Å². The number of ether oxygens (including phenoxy) is 10. The first kappa shape index (κ1) is 107. The highest BCUT2D eigenvalue weighted by atomic mass is 32.2. The number of hydrogen-bond donors (Lipinski definition) is 4. The molecule has 48 heteroatoms. The summed E-state index contributed by atoms with van der Waals surface area (Å²) in [6.07, 6.45) is 13.0. The van der Waals surface area contributed by atoms with E-state index in [9.17, 15) is 24.3 Å². The van der Waals surface area contributed by atoms with Crippen molar-refractivity contribution in [2.75, 3.05) is 79.1 Å². The van der Waals surface area contributed by atoms with Crippen LogP contribution < -0.4 is 58.6 Å². The van der Waals surface area contributed by atoms with E-state index in [2.05, 4.69) is 36.6 Å². The van der Waals surface area contributed by atoms with Crippen LogP contribution in [-0.2, 0) is 94.3 Å². The van der Waals surface area contributed by atoms with Gasteiger partial charge in [-0.3, -0.25) is 19.0 Å². The second-order valence-electron chi connectivity index (χ2n) is 23.1. The van der Waals surface area contributed by atoms with E-state index >= 15 is 0 Å². The standard InChI is InChI=1S/C64H95N9O15.CH4.6O3S/c1-10-29-79-51-38-46(39-52(80-30-11-2)57(51)85-33-14-5)60(74)65-24-20-27-72-44-49(68-70-72)22-16-18-35-83-55-42-48(62(76)77)43-56(59(55)87-37-26-67-63(78)88-64(7,8)9)84-36-19-17-23-50-45-73(71-69-50)28-21-25-66-61(75)47-40-53(81-31-12-3)58(86-34-15-6)54(41-47)82-32-13-4;;6*1-4(2)3/h38-45H,10-37H2,1-9H3,(H,65,74)(H,66,75)(H,67,78)(H,76,77);1H4;;;;;;. The van der Waals surface area contributed by atoms with E-state index in [4.69, 9.17) is 123 Å². The molecule has 0 aliphatic rings. The Balaban J connectivity index is -0.00000423. The third-order valence-corrected chi connectivity index (χ3v) is 12.6. The van der Waals surface area contributed by atoms with Crippen LogP contribution in [0.5, 0.6) is 51.7 Å². The number of benzene rings is 3. The van der Waals surface area contributed by atoms with Gasteiger partial charge in [-0.2, -0.15) is 0 Å². The minimum Gasteiger partial charge on any atom is -0.490 e. The number of hydrogen-bond acceptors (Lipinski definition) is 36. The van der Waals surface area contributed by atoms with Gasteiger partial charge in [-0.25, -0.2) is 9.59 Å². The first-order chi connectivity index (χ1) is 53.0. The molecule has 42 nitrogen and oxygen atoms in total. The lowest BCUT2D eigenvalue weighted by Crippen LogP contribution is -2.34. The van der Waals surface area contributed by atoms with Crippen molar-refractivity contribution in [3.05, 3.63) is 76.9 Å². The van der Waals surface area contributed by atoms with Gasteiger partial charge in [0.2, 0.25) is 17.2 Å². The zero-order valence-electron chi connectivity index (χ0n) is 63.1. The lowest BCUT2D eigenvalue weighted by Gasteiger charge is -2.20. The molecule has 0 atom stereocenters. The topological polar surface area (TPSA) is 586 Å². The van der Waals surface area contributed by atoms with Gasteiger partial charge in [0.05, 0.1) is 76.4 Å². The summed E-state index contributed by atoms with van der Waals surface area (Å²) in [6.45, 7) is 22.7. The molecule has 5 aromatic rings. The van der Waals surface area contributed by atoms with Crippen molar-refractivity contribution in [3.63, 3.8) is 0 Å². The lowest BCUT2D eigenvalue weighted by atomic mass is 10.1. The van der Waals surface area contributed by atoms with E-state index < -0.39 is 81.3 Å². The van der Waals surface area contributed by atoms with Crippen LogP contribution in [0.1, 0.15) is 189 Å². The molecule has 5 rings (SSSR count). The highest BCUT2D eigenvalue weighted by Gasteiger charge is 2.23. The fourth-order valence-electron chi connectivity index (χ4n) is 8.46. The van der Waals surface area contributed by atoms with Gasteiger partial charge in [-0.15, -0.1) is 86.0 Å². The second kappa shape index (κ2) is 64.1. The maximum absolute atomic E-state index is 13.3. The Bertz CT molecular complexity index is 3910. The highest BCUT2D eigenvalue weighted by Crippen LogP contribution is 2.42. The van der Waals surface area contributed by atoms with Gasteiger partial charge in [-0.1, -0.05) is 59.4 Å². The Hall–Kier alpha value is -10.5. The van der Waals surface area contributed by atoms with Gasteiger partial charge in [0.15, 0.2) is 34.5 Å². The van der Waals surface area contributed by atoms with Crippen molar-refractivity contribution in [2.24, 2.45) is 0 Å². The first-order valence-electron chi connectivity index (χ1n) is 34.3. The first-order valence-corrected chi connectivity index (χ1v) is 40.3. The number of carboxylic acids is 1. The average molecular weight is 1730 g/mol. The van der Waals surface area contributed by atoms with Gasteiger partial charge in [-0.05, 0) is 147 Å². The fourth-order valence-corrected chi connectivity index (χ4v) is 8.46. The number of aryl methyl sites for hydroxylation is 4. The molecular weight excluding hydrogens is 1630 g/mol. The van der Waals surface area contributed by atoms with Gasteiger partial charge in [0.25, 0.3) is 11.8 Å². The Morgan fingerprint density at radius 3 is 0.912 bits per heavy atom. The van der Waals surface area contributed by atoms with Crippen molar-refractivity contribution < 1.29 is 147 Å². The van der Waals surface area contributed by atoms with Crippen LogP contribution in [-0.4, -0.2) is 219 Å². The van der Waals surface area contributed by atoms with E-state index in [1.165, 1.54) is 12.1 Å². The molecule has 0 bridgehead atoms. The molecule has 0 aliphatic heterocycles. The van der Waals surface area contributed by atoms with Crippen molar-refractivity contribution in [3.8, 4) is 51.7 Å². The number of nitrogens with one attached hydrogen (secondary N) is 3. The molecule has 0 saturated heterocycles. The number of alkyl carbamates (subject to hydrolysis) is 1. The minimum atomic E-state index is -3.11. The molecular formula is C65H99N9O33S6. The summed E-state index contributed by atoms with van der Waals surface area (Å²) in [5.41, 5.74) is 1.67. The highest BCUT2D eigenvalue weighted by molar-refractivity contribution is 7.59. The lowest BCUT2D eigenvalue weighted by molar-refractivity contribution is 0.0518. The normalized spacial score (nSPS) is 9.96. The Morgan fingerprint density at radius 2 is 0.637 bits per heavy atom. The molecule has 4 N–H and O–H groups in total. The zero-order valence-corrected chi connectivity index (χ0v) is 68.0. The number of carboxylic acid groups (broad SMARTS) is 1. The van der Waals surface area contributed by atoms with Gasteiger partial charge < -0.3 is 68.4 Å². The number of carbonyl (C=O) groups is 4. The van der Waals surface area contributed by atoms with Crippen molar-refractivity contribution >= 4 is 87.5 Å². The van der Waals surface area contributed by atoms with Crippen molar-refractivity contribution in [1.82, 2.24) is 45.9 Å². The number of carbonyl (C=O) groups excluding carboxylic acids is 3. The summed E-state index contributed by atoms with van der Waals surface area (Å²) < 4.78 is 215. The molecule has 0 aliphatic carbocycles. The van der Waals surface area contributed by atoms with Crippen molar-refractivity contribution in [1.29, 1.82) is 0 Å². The molecule has 0 fully saturated rings. The number of aromatic nitrogens is 6. The van der Waals surface area contributed by atoms with Crippen LogP contribution in [0.4, 0.5) is 4.79 Å². The summed E-state index contributed by atoms with van der Waals surface area (Å²) in [5, 5.41) is 36.1. The molecule has 0 spiro atoms. The Morgan fingerprint density at radius 1 is 0.372 bits per heavy atom. The van der Waals surface area contributed by atoms with Crippen LogP contribution in [0.3, 0.4) is 0 Å². The molecule has 3 aromatic carbocycles. The van der Waals surface area contributed by atoms with Crippen LogP contribution in [0.25, 0.3) is 0 Å². The van der Waals surface area contributed by atoms with Crippen LogP contribution in [0.2, 0.25) is 0 Å². The SMILES string of the molecule is C.CCCOc1cc(C(=O)NCCCn2cc(CCCCOc3cc(C(=O)O)cc(OCCCCc4cn(CCCNC(=O)c5cc(OCCC)c(OCCC)c(OCCC)c5)nn4)c3OCCNC(=O)OC(C)(C)C)nn2)cc(OCCC)c1OCCC.O=S(=O)=O.O=S(=O)=O.O=S(=O)=O.O=S(=O)=O.O=S(=O)=O.O=S(=O)=O. The third kappa shape index (κ3) is 56.4. The number of unbranched alkanes of at least 4 members (excludes halogenated alkanes) is 2. The van der Waals surface area contributed by atoms with E-state index in [0.717, 1.165) is 49.9 Å². The van der Waals surface area contributed by atoms with E-state index in [-0.39, 0.29) is 68.4 Å². The molecule has 0 radical (unpaired) electrons. The summed E-state index contributed by atoms with van der Waals surface area (Å²) in [4.78, 5) is 51.5. The number of aromatic carboxylic acids is 1. The third-order valence-electron chi connectivity index (χ3n) is 12.6. The predicted octanol–water partition coefficient (Wildman–Crippen LogP) is 5.26.